The van der Waals surface area contributed by atoms with Gasteiger partial charge in [0.2, 0.25) is 0 Å². The van der Waals surface area contributed by atoms with E-state index in [-0.39, 0.29) is 0 Å². The molecule has 0 saturated carbocycles. The van der Waals surface area contributed by atoms with Crippen LogP contribution in [-0.4, -0.2) is 43.1 Å². The first-order chi connectivity index (χ1) is 12.8. The summed E-state index contributed by atoms with van der Waals surface area (Å²) in [5.74, 6) is 0. The summed E-state index contributed by atoms with van der Waals surface area (Å²) in [5, 5.41) is 0. The van der Waals surface area contributed by atoms with Gasteiger partial charge in [-0.15, -0.1) is 0 Å². The summed E-state index contributed by atoms with van der Waals surface area (Å²) in [6, 6.07) is 0. The molecular weight excluding hydrogens is 362 g/mol. The summed E-state index contributed by atoms with van der Waals surface area (Å²) in [7, 11) is -0.321. The van der Waals surface area contributed by atoms with Crippen molar-refractivity contribution in [2.75, 3.05) is 20.6 Å². The van der Waals surface area contributed by atoms with Crippen LogP contribution in [0.2, 0.25) is 0 Å². The van der Waals surface area contributed by atoms with Gasteiger partial charge >= 0.3 is 10.4 Å². The summed E-state index contributed by atoms with van der Waals surface area (Å²) in [5.41, 5.74) is 0. The largest absolute Gasteiger partial charge is 0.394 e. The molecule has 166 valence electrons. The fourth-order valence-corrected chi connectivity index (χ4v) is 3.15. The van der Waals surface area contributed by atoms with Crippen LogP contribution in [0.5, 0.6) is 0 Å². The highest BCUT2D eigenvalue weighted by molar-refractivity contribution is 7.79. The van der Waals surface area contributed by atoms with Crippen molar-refractivity contribution >= 4 is 10.4 Å². The van der Waals surface area contributed by atoms with E-state index in [4.69, 9.17) is 17.5 Å². The van der Waals surface area contributed by atoms with Crippen molar-refractivity contribution < 1.29 is 17.5 Å². The van der Waals surface area contributed by atoms with Crippen LogP contribution < -0.4 is 0 Å². The zero-order valence-electron chi connectivity index (χ0n) is 18.3. The third-order valence-electron chi connectivity index (χ3n) is 4.71. The first-order valence-electron chi connectivity index (χ1n) is 11.1. The van der Waals surface area contributed by atoms with E-state index in [0.717, 1.165) is 0 Å². The molecule has 0 bridgehead atoms. The molecule has 0 amide bonds. The average molecular weight is 410 g/mol. The molecule has 0 saturated heterocycles. The lowest BCUT2D eigenvalue weighted by molar-refractivity contribution is 0.381. The molecule has 0 aromatic carbocycles. The fraction of sp³-hybridized carbons (Fsp3) is 1.00. The fourth-order valence-electron chi connectivity index (χ4n) is 3.15. The molecule has 0 aromatic heterocycles. The quantitative estimate of drug-likeness (QED) is 0.198. The van der Waals surface area contributed by atoms with E-state index in [1.807, 2.05) is 0 Å². The molecule has 0 aliphatic rings. The summed E-state index contributed by atoms with van der Waals surface area (Å²) in [6.07, 6.45) is 24.8. The van der Waals surface area contributed by atoms with Crippen molar-refractivity contribution in [3.63, 3.8) is 0 Å². The van der Waals surface area contributed by atoms with E-state index in [1.165, 1.54) is 116 Å². The highest BCUT2D eigenvalue weighted by Crippen LogP contribution is 2.13. The Labute approximate surface area is 169 Å². The van der Waals surface area contributed by atoms with Crippen molar-refractivity contribution in [3.05, 3.63) is 0 Å². The normalized spacial score (nSPS) is 11.5. The summed E-state index contributed by atoms with van der Waals surface area (Å²) in [4.78, 5) is 2.30. The van der Waals surface area contributed by atoms with Crippen LogP contribution in [0.1, 0.15) is 116 Å². The maximum absolute atomic E-state index is 8.74. The van der Waals surface area contributed by atoms with Gasteiger partial charge in [-0.05, 0) is 27.1 Å². The lowest BCUT2D eigenvalue weighted by Crippen LogP contribution is -2.12. The Hall–Kier alpha value is -0.170. The van der Waals surface area contributed by atoms with Crippen molar-refractivity contribution in [1.82, 2.24) is 4.90 Å². The van der Waals surface area contributed by atoms with Crippen LogP contribution in [-0.2, 0) is 10.4 Å². The average Bonchev–Trinajstić information content (AvgIpc) is 2.56. The lowest BCUT2D eigenvalue weighted by Gasteiger charge is -2.08. The van der Waals surface area contributed by atoms with Crippen molar-refractivity contribution in [2.45, 2.75) is 116 Å². The third-order valence-corrected chi connectivity index (χ3v) is 4.71. The van der Waals surface area contributed by atoms with Gasteiger partial charge in [-0.1, -0.05) is 110 Å². The van der Waals surface area contributed by atoms with Gasteiger partial charge in [0.15, 0.2) is 0 Å². The molecule has 2 N–H and O–H groups in total. The van der Waals surface area contributed by atoms with E-state index in [0.29, 0.717) is 0 Å². The Bertz CT molecular complexity index is 364. The van der Waals surface area contributed by atoms with E-state index in [1.54, 1.807) is 0 Å². The van der Waals surface area contributed by atoms with Gasteiger partial charge in [-0.3, -0.25) is 9.11 Å². The number of hydrogen-bond donors (Lipinski definition) is 2. The smallest absolute Gasteiger partial charge is 0.309 e. The molecule has 0 fully saturated rings. The molecule has 0 atom stereocenters. The Morgan fingerprint density at radius 1 is 0.556 bits per heavy atom. The monoisotopic (exact) mass is 409 g/mol. The van der Waals surface area contributed by atoms with Crippen LogP contribution in [0.4, 0.5) is 0 Å². The number of nitrogens with zero attached hydrogens (tertiary/aromatic N) is 1. The van der Waals surface area contributed by atoms with Crippen LogP contribution in [0.3, 0.4) is 0 Å². The van der Waals surface area contributed by atoms with Gasteiger partial charge in [0.05, 0.1) is 0 Å². The van der Waals surface area contributed by atoms with Gasteiger partial charge in [0.1, 0.15) is 0 Å². The molecule has 6 heteroatoms. The van der Waals surface area contributed by atoms with Gasteiger partial charge in [0, 0.05) is 0 Å². The van der Waals surface area contributed by atoms with Crippen molar-refractivity contribution in [1.29, 1.82) is 0 Å². The molecule has 0 heterocycles. The van der Waals surface area contributed by atoms with E-state index in [9.17, 15) is 0 Å². The Kier molecular flexibility index (Phi) is 23.8. The lowest BCUT2D eigenvalue weighted by atomic mass is 10.0. The zero-order chi connectivity index (χ0) is 20.8. The first kappa shape index (κ1) is 29.0. The zero-order valence-corrected chi connectivity index (χ0v) is 19.1. The number of unbranched alkanes of at least 4 members (excludes halogenated alkanes) is 16. The second kappa shape index (κ2) is 22.1. The van der Waals surface area contributed by atoms with Crippen LogP contribution in [0.25, 0.3) is 0 Å². The highest BCUT2D eigenvalue weighted by atomic mass is 32.3. The molecule has 0 rings (SSSR count). The Balaban J connectivity index is 0. The molecule has 0 unspecified atom stereocenters. The van der Waals surface area contributed by atoms with Crippen LogP contribution in [0.15, 0.2) is 0 Å². The SMILES string of the molecule is CCCCCCCCCCCCCCCCCCCN(C)C.O=S(=O)(O)O. The maximum atomic E-state index is 8.74. The molecule has 0 radical (unpaired) electrons. The summed E-state index contributed by atoms with van der Waals surface area (Å²) < 4.78 is 31.6. The molecule has 5 nitrogen and oxygen atoms in total. The molecule has 0 aliphatic heterocycles. The van der Waals surface area contributed by atoms with Gasteiger partial charge in [0.25, 0.3) is 0 Å². The van der Waals surface area contributed by atoms with Gasteiger partial charge in [-0.2, -0.15) is 8.42 Å². The molecule has 0 aromatic rings. The highest BCUT2D eigenvalue weighted by Gasteiger charge is 1.95. The molecular formula is C21H47NO4S. The van der Waals surface area contributed by atoms with Crippen LogP contribution >= 0.6 is 0 Å². The van der Waals surface area contributed by atoms with E-state index in [2.05, 4.69) is 25.9 Å². The maximum Gasteiger partial charge on any atom is 0.394 e. The molecule has 0 aliphatic carbocycles. The minimum Gasteiger partial charge on any atom is -0.309 e. The second-order valence-electron chi connectivity index (χ2n) is 7.91. The van der Waals surface area contributed by atoms with E-state index < -0.39 is 10.4 Å². The predicted molar refractivity (Wildman–Crippen MR) is 117 cm³/mol. The topological polar surface area (TPSA) is 77.8 Å². The van der Waals surface area contributed by atoms with Crippen molar-refractivity contribution in [2.24, 2.45) is 0 Å². The molecule has 0 spiro atoms. The minimum absolute atomic E-state index is 1.26. The molecule has 27 heavy (non-hydrogen) atoms. The van der Waals surface area contributed by atoms with Crippen molar-refractivity contribution in [3.8, 4) is 0 Å². The van der Waals surface area contributed by atoms with E-state index >= 15 is 0 Å². The summed E-state index contributed by atoms with van der Waals surface area (Å²) in [6.45, 7) is 3.56. The number of rotatable bonds is 18. The van der Waals surface area contributed by atoms with Gasteiger partial charge in [-0.25, -0.2) is 0 Å². The predicted octanol–water partition coefficient (Wildman–Crippen LogP) is 6.55. The number of hydrogen-bond acceptors (Lipinski definition) is 3. The standard InChI is InChI=1S/C21H45N.H2O4S/c1-4-5-6-7-8-9-10-11-12-13-14-15-16-17-18-19-20-21-22(2)3;1-5(2,3)4/h4-21H2,1-3H3;(H2,1,2,3,4). The Morgan fingerprint density at radius 2 is 0.778 bits per heavy atom. The van der Waals surface area contributed by atoms with Gasteiger partial charge < -0.3 is 4.90 Å². The summed E-state index contributed by atoms with van der Waals surface area (Å²) >= 11 is 0. The first-order valence-corrected chi connectivity index (χ1v) is 12.5. The minimum atomic E-state index is -4.67. The third kappa shape index (κ3) is 41.4. The Morgan fingerprint density at radius 3 is 1.00 bits per heavy atom. The van der Waals surface area contributed by atoms with Crippen LogP contribution in [0, 0.1) is 0 Å². The second-order valence-corrected chi connectivity index (χ2v) is 8.80.